The van der Waals surface area contributed by atoms with Crippen LogP contribution in [0.25, 0.3) is 0 Å². The van der Waals surface area contributed by atoms with Crippen LogP contribution >= 0.6 is 34.8 Å². The Labute approximate surface area is 90.7 Å². The van der Waals surface area contributed by atoms with Gasteiger partial charge in [-0.05, 0) is 6.92 Å². The van der Waals surface area contributed by atoms with E-state index in [0.29, 0.717) is 0 Å². The van der Waals surface area contributed by atoms with E-state index >= 15 is 0 Å². The summed E-state index contributed by atoms with van der Waals surface area (Å²) in [5.74, 6) is -0.0168. The quantitative estimate of drug-likeness (QED) is 0.253. The molecule has 0 rings (SSSR count). The largest absolute Gasteiger partial charge is 0.535 e. The molecular weight excluding hydrogens is 240 g/mol. The van der Waals surface area contributed by atoms with Crippen molar-refractivity contribution in [3.8, 4) is 0 Å². The lowest BCUT2D eigenvalue weighted by atomic mass is 10.5. The molecule has 0 aliphatic heterocycles. The highest BCUT2D eigenvalue weighted by Crippen LogP contribution is 2.06. The minimum atomic E-state index is -0.917. The van der Waals surface area contributed by atoms with Crippen molar-refractivity contribution >= 4 is 46.7 Å². The zero-order chi connectivity index (χ0) is 10.3. The molecule has 0 saturated carbocycles. The van der Waals surface area contributed by atoms with Gasteiger partial charge in [0.05, 0.1) is 12.5 Å². The molecule has 0 radical (unpaired) electrons. The fourth-order valence-corrected chi connectivity index (χ4v) is 0.958. The maximum atomic E-state index is 10.6. The van der Waals surface area contributed by atoms with Crippen LogP contribution in [0.4, 0.5) is 4.79 Å². The number of ether oxygens (including phenoxy) is 1. The number of alkyl halides is 3. The average Bonchev–Trinajstić information content (AvgIpc) is 2.05. The molecule has 0 N–H and O–H groups in total. The van der Waals surface area contributed by atoms with Gasteiger partial charge in [0.25, 0.3) is 0 Å². The van der Waals surface area contributed by atoms with Crippen molar-refractivity contribution in [3.05, 3.63) is 0 Å². The number of carbonyl (C=O) groups excluding carboxylic acids is 1. The first kappa shape index (κ1) is 12.8. The predicted octanol–water partition coefficient (Wildman–Crippen LogP) is 2.56. The van der Waals surface area contributed by atoms with E-state index in [-0.39, 0.29) is 18.2 Å². The van der Waals surface area contributed by atoms with E-state index in [9.17, 15) is 4.79 Å². The van der Waals surface area contributed by atoms with Crippen LogP contribution < -0.4 is 0 Å². The lowest BCUT2D eigenvalue weighted by Crippen LogP contribution is -2.13. The molecule has 0 amide bonds. The summed E-state index contributed by atoms with van der Waals surface area (Å²) < 4.78 is 4.42. The van der Waals surface area contributed by atoms with Crippen molar-refractivity contribution in [2.45, 2.75) is 11.8 Å². The van der Waals surface area contributed by atoms with Gasteiger partial charge in [0.15, 0.2) is 0 Å². The molecule has 76 valence electrons. The Morgan fingerprint density at radius 1 is 1.54 bits per heavy atom. The number of nitrogens with zero attached hydrogens (tertiary/aromatic N) is 1. The molecule has 0 aliphatic rings. The Morgan fingerprint density at radius 3 is 2.54 bits per heavy atom. The first-order valence-corrected chi connectivity index (χ1v) is 4.77. The van der Waals surface area contributed by atoms with Crippen LogP contribution in [0.15, 0.2) is 5.16 Å². The summed E-state index contributed by atoms with van der Waals surface area (Å²) >= 11 is 16.2. The third-order valence-electron chi connectivity index (χ3n) is 0.888. The van der Waals surface area contributed by atoms with Crippen molar-refractivity contribution in [2.24, 2.45) is 5.16 Å². The first-order valence-electron chi connectivity index (χ1n) is 3.36. The Morgan fingerprint density at radius 2 is 2.15 bits per heavy atom. The van der Waals surface area contributed by atoms with Crippen LogP contribution in [0, 0.1) is 0 Å². The molecule has 0 unspecified atom stereocenters. The van der Waals surface area contributed by atoms with Gasteiger partial charge in [0, 0.05) is 0 Å². The topological polar surface area (TPSA) is 47.9 Å². The monoisotopic (exact) mass is 247 g/mol. The highest BCUT2D eigenvalue weighted by molar-refractivity contribution is 6.56. The molecule has 0 aromatic heterocycles. The maximum absolute atomic E-state index is 10.6. The predicted molar refractivity (Wildman–Crippen MR) is 51.8 cm³/mol. The van der Waals surface area contributed by atoms with Gasteiger partial charge in [-0.3, -0.25) is 4.84 Å². The molecule has 0 aliphatic carbocycles. The fraction of sp³-hybridized carbons (Fsp3) is 0.667. The molecule has 0 aromatic carbocycles. The Kier molecular flexibility index (Phi) is 7.13. The molecule has 4 nitrogen and oxygen atoms in total. The SMILES string of the molecule is CCOC(=O)O/N=C(\CCl)C(Cl)Cl. The van der Waals surface area contributed by atoms with E-state index in [0.717, 1.165) is 0 Å². The summed E-state index contributed by atoms with van der Waals surface area (Å²) in [5.41, 5.74) is 0.151. The van der Waals surface area contributed by atoms with Crippen LogP contribution in [-0.4, -0.2) is 29.2 Å². The molecular formula is C6H8Cl3NO3. The number of hydrogen-bond acceptors (Lipinski definition) is 4. The average molecular weight is 248 g/mol. The van der Waals surface area contributed by atoms with Crippen molar-refractivity contribution in [2.75, 3.05) is 12.5 Å². The van der Waals surface area contributed by atoms with Crippen LogP contribution in [0.3, 0.4) is 0 Å². The van der Waals surface area contributed by atoms with Crippen molar-refractivity contribution in [1.29, 1.82) is 0 Å². The zero-order valence-electron chi connectivity index (χ0n) is 6.80. The van der Waals surface area contributed by atoms with Gasteiger partial charge in [-0.25, -0.2) is 4.79 Å². The van der Waals surface area contributed by atoms with Gasteiger partial charge >= 0.3 is 6.16 Å². The molecule has 0 spiro atoms. The second-order valence-electron chi connectivity index (χ2n) is 1.79. The summed E-state index contributed by atoms with van der Waals surface area (Å²) in [6.45, 7) is 1.84. The minimum absolute atomic E-state index is 0.0168. The second kappa shape index (κ2) is 7.24. The summed E-state index contributed by atoms with van der Waals surface area (Å²) in [6, 6.07) is 0. The summed E-state index contributed by atoms with van der Waals surface area (Å²) in [4.78, 5) is 14.0. The molecule has 0 fully saturated rings. The molecule has 13 heavy (non-hydrogen) atoms. The highest BCUT2D eigenvalue weighted by Gasteiger charge is 2.10. The van der Waals surface area contributed by atoms with Gasteiger partial charge in [-0.15, -0.1) is 11.6 Å². The standard InChI is InChI=1S/C6H8Cl3NO3/c1-2-12-6(11)13-10-4(3-7)5(8)9/h5H,2-3H2,1H3/b10-4+. The zero-order valence-corrected chi connectivity index (χ0v) is 9.07. The molecule has 0 bridgehead atoms. The summed E-state index contributed by atoms with van der Waals surface area (Å²) in [7, 11) is 0. The Balaban J connectivity index is 3.99. The maximum Gasteiger partial charge on any atom is 0.535 e. The van der Waals surface area contributed by atoms with Gasteiger partial charge in [0.1, 0.15) is 10.5 Å². The van der Waals surface area contributed by atoms with Gasteiger partial charge in [0.2, 0.25) is 0 Å². The summed E-state index contributed by atoms with van der Waals surface area (Å²) in [5, 5.41) is 3.31. The Bertz CT molecular complexity index is 196. The van der Waals surface area contributed by atoms with E-state index in [1.807, 2.05) is 0 Å². The van der Waals surface area contributed by atoms with Gasteiger partial charge in [-0.2, -0.15) is 0 Å². The number of rotatable bonds is 4. The Hall–Kier alpha value is -0.190. The van der Waals surface area contributed by atoms with Crippen molar-refractivity contribution in [1.82, 2.24) is 0 Å². The first-order chi connectivity index (χ1) is 6.11. The summed E-state index contributed by atoms with van der Waals surface area (Å²) in [6.07, 6.45) is -0.917. The van der Waals surface area contributed by atoms with Crippen LogP contribution in [-0.2, 0) is 9.57 Å². The fourth-order valence-electron chi connectivity index (χ4n) is 0.363. The molecule has 0 saturated heterocycles. The third kappa shape index (κ3) is 5.96. The van der Waals surface area contributed by atoms with E-state index in [2.05, 4.69) is 14.7 Å². The second-order valence-corrected chi connectivity index (χ2v) is 3.15. The van der Waals surface area contributed by atoms with Gasteiger partial charge in [-0.1, -0.05) is 28.4 Å². The van der Waals surface area contributed by atoms with E-state index in [4.69, 9.17) is 34.8 Å². The number of hydrogen-bond donors (Lipinski definition) is 0. The lowest BCUT2D eigenvalue weighted by Gasteiger charge is -2.01. The van der Waals surface area contributed by atoms with Gasteiger partial charge < -0.3 is 4.74 Å². The number of halogens is 3. The third-order valence-corrected chi connectivity index (χ3v) is 1.67. The molecule has 7 heteroatoms. The minimum Gasteiger partial charge on any atom is -0.433 e. The molecule has 0 aromatic rings. The molecule has 0 atom stereocenters. The normalized spacial score (nSPS) is 11.6. The van der Waals surface area contributed by atoms with Crippen LogP contribution in [0.1, 0.15) is 6.92 Å². The van der Waals surface area contributed by atoms with E-state index in [1.54, 1.807) is 6.92 Å². The van der Waals surface area contributed by atoms with E-state index < -0.39 is 11.0 Å². The van der Waals surface area contributed by atoms with Crippen molar-refractivity contribution < 1.29 is 14.4 Å². The van der Waals surface area contributed by atoms with Crippen LogP contribution in [0.2, 0.25) is 0 Å². The highest BCUT2D eigenvalue weighted by atomic mass is 35.5. The van der Waals surface area contributed by atoms with Crippen LogP contribution in [0.5, 0.6) is 0 Å². The van der Waals surface area contributed by atoms with E-state index in [1.165, 1.54) is 0 Å². The number of oxime groups is 1. The lowest BCUT2D eigenvalue weighted by molar-refractivity contribution is 0.0612. The molecule has 0 heterocycles. The van der Waals surface area contributed by atoms with Crippen molar-refractivity contribution in [3.63, 3.8) is 0 Å². The smallest absolute Gasteiger partial charge is 0.433 e. The number of carbonyl (C=O) groups is 1.